The fourth-order valence-electron chi connectivity index (χ4n) is 2.12. The third-order valence-corrected chi connectivity index (χ3v) is 3.16. The van der Waals surface area contributed by atoms with E-state index in [4.69, 9.17) is 5.11 Å². The van der Waals surface area contributed by atoms with E-state index in [0.29, 0.717) is 12.1 Å². The number of pyridine rings is 1. The maximum atomic E-state index is 12.1. The van der Waals surface area contributed by atoms with Gasteiger partial charge in [-0.2, -0.15) is 0 Å². The first-order valence-electron chi connectivity index (χ1n) is 6.86. The van der Waals surface area contributed by atoms with E-state index < -0.39 is 17.9 Å². The summed E-state index contributed by atoms with van der Waals surface area (Å²) in [6.07, 6.45) is 3.79. The highest BCUT2D eigenvalue weighted by Crippen LogP contribution is 2.09. The lowest BCUT2D eigenvalue weighted by molar-refractivity contribution is -0.139. The number of carboxylic acid groups (broad SMARTS) is 1. The number of nitrogens with zero attached hydrogens (tertiary/aromatic N) is 2. The smallest absolute Gasteiger partial charge is 0.326 e. The molecule has 0 fully saturated rings. The molecule has 0 aliphatic rings. The van der Waals surface area contributed by atoms with E-state index in [1.807, 2.05) is 39.1 Å². The number of amides is 1. The summed E-state index contributed by atoms with van der Waals surface area (Å²) in [5, 5.41) is 11.7. The highest BCUT2D eigenvalue weighted by atomic mass is 16.4. The van der Waals surface area contributed by atoms with Crippen molar-refractivity contribution in [2.75, 3.05) is 0 Å². The lowest BCUT2D eigenvalue weighted by atomic mass is 10.0. The van der Waals surface area contributed by atoms with E-state index in [1.54, 1.807) is 10.6 Å². The molecule has 0 aliphatic carbocycles. The lowest BCUT2D eigenvalue weighted by Crippen LogP contribution is -2.41. The second-order valence-corrected chi connectivity index (χ2v) is 5.59. The second kappa shape index (κ2) is 5.95. The predicted octanol–water partition coefficient (Wildman–Crippen LogP) is 1.87. The number of fused-ring (bicyclic) bond motifs is 1. The molecule has 6 nitrogen and oxygen atoms in total. The van der Waals surface area contributed by atoms with Crippen LogP contribution in [-0.2, 0) is 4.79 Å². The Labute approximate surface area is 122 Å². The first-order valence-corrected chi connectivity index (χ1v) is 6.86. The summed E-state index contributed by atoms with van der Waals surface area (Å²) >= 11 is 0. The van der Waals surface area contributed by atoms with E-state index >= 15 is 0 Å². The Morgan fingerprint density at radius 1 is 1.43 bits per heavy atom. The molecular formula is C15H19N3O3. The number of imidazole rings is 1. The molecule has 1 unspecified atom stereocenters. The molecule has 0 spiro atoms. The highest BCUT2D eigenvalue weighted by molar-refractivity contribution is 5.95. The van der Waals surface area contributed by atoms with Gasteiger partial charge in [0.25, 0.3) is 5.91 Å². The molecule has 1 amide bonds. The van der Waals surface area contributed by atoms with Crippen molar-refractivity contribution in [3.8, 4) is 0 Å². The summed E-state index contributed by atoms with van der Waals surface area (Å²) < 4.78 is 1.74. The zero-order valence-corrected chi connectivity index (χ0v) is 12.3. The molecule has 21 heavy (non-hydrogen) atoms. The quantitative estimate of drug-likeness (QED) is 0.880. The molecule has 2 N–H and O–H groups in total. The second-order valence-electron chi connectivity index (χ2n) is 5.59. The number of aryl methyl sites for hydroxylation is 1. The number of hydrogen-bond donors (Lipinski definition) is 2. The van der Waals surface area contributed by atoms with Crippen molar-refractivity contribution in [1.82, 2.24) is 14.7 Å². The topological polar surface area (TPSA) is 83.7 Å². The summed E-state index contributed by atoms with van der Waals surface area (Å²) in [6.45, 7) is 5.77. The molecule has 0 saturated heterocycles. The van der Waals surface area contributed by atoms with Crippen LogP contribution in [0.4, 0.5) is 0 Å². The van der Waals surface area contributed by atoms with Gasteiger partial charge < -0.3 is 14.8 Å². The molecule has 2 aromatic rings. The van der Waals surface area contributed by atoms with Crippen LogP contribution in [0, 0.1) is 12.8 Å². The van der Waals surface area contributed by atoms with Crippen LogP contribution in [0.25, 0.3) is 5.65 Å². The van der Waals surface area contributed by atoms with Crippen LogP contribution < -0.4 is 5.32 Å². The summed E-state index contributed by atoms with van der Waals surface area (Å²) in [5.41, 5.74) is 1.93. The molecule has 2 heterocycles. The molecule has 1 atom stereocenters. The summed E-state index contributed by atoms with van der Waals surface area (Å²) in [7, 11) is 0. The third-order valence-electron chi connectivity index (χ3n) is 3.16. The van der Waals surface area contributed by atoms with Crippen molar-refractivity contribution in [2.45, 2.75) is 33.2 Å². The summed E-state index contributed by atoms with van der Waals surface area (Å²) in [6, 6.07) is 2.87. The minimum Gasteiger partial charge on any atom is -0.480 e. The van der Waals surface area contributed by atoms with Crippen LogP contribution in [0.3, 0.4) is 0 Å². The standard InChI is InChI=1S/C15H19N3O3/c1-9(2)6-11(15(20)21)17-14(19)12-8-18-5-4-10(3)7-13(18)16-12/h4-5,7-9,11H,6H2,1-3H3,(H,17,19)(H,20,21). The van der Waals surface area contributed by atoms with Crippen LogP contribution in [0.15, 0.2) is 24.5 Å². The monoisotopic (exact) mass is 289 g/mol. The fraction of sp³-hybridized carbons (Fsp3) is 0.400. The van der Waals surface area contributed by atoms with Gasteiger partial charge in [0.05, 0.1) is 0 Å². The number of carbonyl (C=O) groups excluding carboxylic acids is 1. The van der Waals surface area contributed by atoms with Crippen molar-refractivity contribution in [3.05, 3.63) is 35.8 Å². The highest BCUT2D eigenvalue weighted by Gasteiger charge is 2.22. The molecule has 6 heteroatoms. The Bertz CT molecular complexity index is 676. The largest absolute Gasteiger partial charge is 0.480 e. The number of rotatable bonds is 5. The maximum Gasteiger partial charge on any atom is 0.326 e. The van der Waals surface area contributed by atoms with Gasteiger partial charge in [-0.15, -0.1) is 0 Å². The van der Waals surface area contributed by atoms with Gasteiger partial charge >= 0.3 is 5.97 Å². The van der Waals surface area contributed by atoms with Crippen molar-refractivity contribution in [3.63, 3.8) is 0 Å². The van der Waals surface area contributed by atoms with Crippen LogP contribution in [0.5, 0.6) is 0 Å². The van der Waals surface area contributed by atoms with Crippen LogP contribution in [0.2, 0.25) is 0 Å². The molecule has 0 aromatic carbocycles. The Morgan fingerprint density at radius 3 is 2.76 bits per heavy atom. The average molecular weight is 289 g/mol. The van der Waals surface area contributed by atoms with E-state index in [9.17, 15) is 9.59 Å². The van der Waals surface area contributed by atoms with E-state index in [0.717, 1.165) is 5.56 Å². The molecular weight excluding hydrogens is 270 g/mol. The first kappa shape index (κ1) is 15.0. The van der Waals surface area contributed by atoms with E-state index in [1.165, 1.54) is 0 Å². The predicted molar refractivity (Wildman–Crippen MR) is 78.3 cm³/mol. The fourth-order valence-corrected chi connectivity index (χ4v) is 2.12. The normalized spacial score (nSPS) is 12.6. The van der Waals surface area contributed by atoms with E-state index in [-0.39, 0.29) is 11.6 Å². The Hall–Kier alpha value is -2.37. The van der Waals surface area contributed by atoms with Gasteiger partial charge in [0.2, 0.25) is 0 Å². The van der Waals surface area contributed by atoms with Crippen LogP contribution in [-0.4, -0.2) is 32.4 Å². The van der Waals surface area contributed by atoms with Crippen molar-refractivity contribution >= 4 is 17.5 Å². The van der Waals surface area contributed by atoms with Gasteiger partial charge in [-0.3, -0.25) is 4.79 Å². The zero-order chi connectivity index (χ0) is 15.6. The number of carboxylic acids is 1. The Morgan fingerprint density at radius 2 is 2.14 bits per heavy atom. The molecule has 2 rings (SSSR count). The number of aromatic nitrogens is 2. The number of carbonyl (C=O) groups is 2. The summed E-state index contributed by atoms with van der Waals surface area (Å²) in [5.74, 6) is -1.32. The number of nitrogens with one attached hydrogen (secondary N) is 1. The van der Waals surface area contributed by atoms with Gasteiger partial charge in [-0.05, 0) is 37.0 Å². The molecule has 0 aliphatic heterocycles. The van der Waals surface area contributed by atoms with Gasteiger partial charge in [-0.1, -0.05) is 13.8 Å². The van der Waals surface area contributed by atoms with Gasteiger partial charge in [0, 0.05) is 12.4 Å². The van der Waals surface area contributed by atoms with Gasteiger partial charge in [0.1, 0.15) is 17.4 Å². The molecule has 0 radical (unpaired) electrons. The molecule has 0 saturated carbocycles. The zero-order valence-electron chi connectivity index (χ0n) is 12.3. The van der Waals surface area contributed by atoms with Gasteiger partial charge in [0.15, 0.2) is 0 Å². The molecule has 0 bridgehead atoms. The Balaban J connectivity index is 2.19. The van der Waals surface area contributed by atoms with Crippen molar-refractivity contribution in [2.24, 2.45) is 5.92 Å². The minimum atomic E-state index is -1.03. The number of hydrogen-bond acceptors (Lipinski definition) is 3. The maximum absolute atomic E-state index is 12.1. The van der Waals surface area contributed by atoms with Crippen molar-refractivity contribution in [1.29, 1.82) is 0 Å². The lowest BCUT2D eigenvalue weighted by Gasteiger charge is -2.15. The first-order chi connectivity index (χ1) is 9.86. The SMILES string of the molecule is Cc1ccn2cc(C(=O)NC(CC(C)C)C(=O)O)nc2c1. The van der Waals surface area contributed by atoms with E-state index in [2.05, 4.69) is 10.3 Å². The van der Waals surface area contributed by atoms with Gasteiger partial charge in [-0.25, -0.2) is 9.78 Å². The molecule has 112 valence electrons. The number of aliphatic carboxylic acids is 1. The summed E-state index contributed by atoms with van der Waals surface area (Å²) in [4.78, 5) is 27.5. The average Bonchev–Trinajstić information content (AvgIpc) is 2.80. The third kappa shape index (κ3) is 3.59. The minimum absolute atomic E-state index is 0.176. The Kier molecular flexibility index (Phi) is 4.26. The van der Waals surface area contributed by atoms with Crippen molar-refractivity contribution < 1.29 is 14.7 Å². The van der Waals surface area contributed by atoms with Crippen LogP contribution >= 0.6 is 0 Å². The van der Waals surface area contributed by atoms with Crippen LogP contribution in [0.1, 0.15) is 36.3 Å². The molecule has 2 aromatic heterocycles.